The lowest BCUT2D eigenvalue weighted by molar-refractivity contribution is -0.133. The zero-order chi connectivity index (χ0) is 32.6. The number of carbonyl (C=O) groups excluding carboxylic acids is 2. The zero-order valence-corrected chi connectivity index (χ0v) is 28.4. The van der Waals surface area contributed by atoms with Crippen molar-refractivity contribution in [1.82, 2.24) is 23.9 Å². The third-order valence-electron chi connectivity index (χ3n) is 9.99. The molecule has 3 aliphatic rings. The van der Waals surface area contributed by atoms with Gasteiger partial charge in [-0.2, -0.15) is 9.40 Å². The van der Waals surface area contributed by atoms with E-state index in [-0.39, 0.29) is 34.5 Å². The highest BCUT2D eigenvalue weighted by molar-refractivity contribution is 7.89. The number of sulfonamides is 1. The maximum Gasteiger partial charge on any atom is 0.246 e. The van der Waals surface area contributed by atoms with Gasteiger partial charge in [-0.25, -0.2) is 13.1 Å². The topological polar surface area (TPSA) is 99.1 Å². The summed E-state index contributed by atoms with van der Waals surface area (Å²) in [5.74, 6) is 0.573. The summed E-state index contributed by atoms with van der Waals surface area (Å²) in [7, 11) is -3.66. The molecule has 246 valence electrons. The van der Waals surface area contributed by atoms with Crippen molar-refractivity contribution in [2.24, 2.45) is 17.8 Å². The minimum atomic E-state index is -3.66. The number of fused-ring (bicyclic) bond motifs is 1. The zero-order valence-electron chi connectivity index (χ0n) is 26.8. The molecule has 4 heterocycles. The number of halogens is 1. The molecule has 12 heteroatoms. The monoisotopic (exact) mass is 666 g/mol. The van der Waals surface area contributed by atoms with E-state index in [1.54, 1.807) is 22.8 Å². The van der Waals surface area contributed by atoms with Gasteiger partial charge in [0.1, 0.15) is 4.90 Å². The molecular weight excluding hydrogens is 624 g/mol. The van der Waals surface area contributed by atoms with Gasteiger partial charge in [-0.05, 0) is 81.3 Å². The van der Waals surface area contributed by atoms with Gasteiger partial charge in [0.15, 0.2) is 0 Å². The number of aromatic nitrogens is 2. The SMILES string of the molecule is CC(=O)N1CCC(C(=O)N(CCCN2CC3CN(S(=O)(=O)c4cnn(-c5ccccc5)c4C)CC3C2)c2ccc(C)c(Cl)c2)CC1. The first-order chi connectivity index (χ1) is 22.0. The summed E-state index contributed by atoms with van der Waals surface area (Å²) in [5.41, 5.74) is 3.22. The van der Waals surface area contributed by atoms with Crippen LogP contribution in [0.15, 0.2) is 59.6 Å². The first kappa shape index (κ1) is 32.7. The predicted octanol–water partition coefficient (Wildman–Crippen LogP) is 4.38. The van der Waals surface area contributed by atoms with E-state index < -0.39 is 10.0 Å². The van der Waals surface area contributed by atoms with Gasteiger partial charge in [0.2, 0.25) is 21.8 Å². The van der Waals surface area contributed by atoms with E-state index in [1.165, 1.54) is 6.20 Å². The number of amides is 2. The van der Waals surface area contributed by atoms with Gasteiger partial charge in [0.05, 0.1) is 17.6 Å². The van der Waals surface area contributed by atoms with Gasteiger partial charge in [-0.15, -0.1) is 0 Å². The third-order valence-corrected chi connectivity index (χ3v) is 12.3. The van der Waals surface area contributed by atoms with E-state index in [0.29, 0.717) is 56.3 Å². The summed E-state index contributed by atoms with van der Waals surface area (Å²) in [6.45, 7) is 10.6. The Balaban J connectivity index is 1.06. The van der Waals surface area contributed by atoms with Gasteiger partial charge >= 0.3 is 0 Å². The number of piperidine rings is 1. The number of para-hydroxylation sites is 1. The smallest absolute Gasteiger partial charge is 0.246 e. The summed E-state index contributed by atoms with van der Waals surface area (Å²) in [5, 5.41) is 5.03. The molecular formula is C34H43ClN6O4S. The fourth-order valence-electron chi connectivity index (χ4n) is 7.27. The Morgan fingerprint density at radius 3 is 2.28 bits per heavy atom. The second-order valence-corrected chi connectivity index (χ2v) is 15.3. The molecule has 0 saturated carbocycles. The van der Waals surface area contributed by atoms with Gasteiger partial charge in [0, 0.05) is 69.4 Å². The third kappa shape index (κ3) is 6.60. The average Bonchev–Trinajstić information content (AvgIpc) is 3.75. The Hall–Kier alpha value is -3.25. The molecule has 2 atom stereocenters. The van der Waals surface area contributed by atoms with E-state index in [2.05, 4.69) is 10.00 Å². The fourth-order valence-corrected chi connectivity index (χ4v) is 9.14. The molecule has 1 aromatic heterocycles. The van der Waals surface area contributed by atoms with Crippen molar-refractivity contribution in [3.05, 3.63) is 71.0 Å². The van der Waals surface area contributed by atoms with Crippen molar-refractivity contribution in [2.75, 3.05) is 57.3 Å². The van der Waals surface area contributed by atoms with Crippen LogP contribution < -0.4 is 4.90 Å². The number of aryl methyl sites for hydroxylation is 1. The van der Waals surface area contributed by atoms with E-state index in [9.17, 15) is 18.0 Å². The summed E-state index contributed by atoms with van der Waals surface area (Å²) in [6.07, 6.45) is 3.59. The molecule has 0 spiro atoms. The molecule has 10 nitrogen and oxygen atoms in total. The average molecular weight is 667 g/mol. The van der Waals surface area contributed by atoms with Crippen LogP contribution in [0.1, 0.15) is 37.4 Å². The Morgan fingerprint density at radius 2 is 1.65 bits per heavy atom. The van der Waals surface area contributed by atoms with E-state index in [4.69, 9.17) is 11.6 Å². The molecule has 3 aromatic rings. The molecule has 3 aliphatic heterocycles. The maximum atomic E-state index is 13.8. The van der Waals surface area contributed by atoms with Gasteiger partial charge in [-0.3, -0.25) is 9.59 Å². The number of anilines is 1. The molecule has 2 amide bonds. The van der Waals surface area contributed by atoms with Crippen LogP contribution >= 0.6 is 11.6 Å². The molecule has 0 N–H and O–H groups in total. The van der Waals surface area contributed by atoms with E-state index >= 15 is 0 Å². The second-order valence-electron chi connectivity index (χ2n) is 13.0. The summed E-state index contributed by atoms with van der Waals surface area (Å²) >= 11 is 6.47. The number of benzene rings is 2. The number of nitrogens with zero attached hydrogens (tertiary/aromatic N) is 6. The Morgan fingerprint density at radius 1 is 0.978 bits per heavy atom. The Bertz CT molecular complexity index is 1670. The molecule has 3 saturated heterocycles. The summed E-state index contributed by atoms with van der Waals surface area (Å²) in [4.78, 5) is 32.0. The highest BCUT2D eigenvalue weighted by Crippen LogP contribution is 2.35. The molecule has 2 unspecified atom stereocenters. The van der Waals surface area contributed by atoms with Crippen LogP contribution in [0.5, 0.6) is 0 Å². The molecule has 2 aromatic carbocycles. The van der Waals surface area contributed by atoms with Crippen molar-refractivity contribution >= 4 is 39.1 Å². The minimum absolute atomic E-state index is 0.0541. The Labute approximate surface area is 276 Å². The number of rotatable bonds is 9. The molecule has 0 radical (unpaired) electrons. The quantitative estimate of drug-likeness (QED) is 0.336. The van der Waals surface area contributed by atoms with Crippen LogP contribution in [0.3, 0.4) is 0 Å². The van der Waals surface area contributed by atoms with Crippen molar-refractivity contribution < 1.29 is 18.0 Å². The lowest BCUT2D eigenvalue weighted by atomic mass is 9.94. The van der Waals surface area contributed by atoms with Crippen molar-refractivity contribution in [2.45, 2.75) is 44.9 Å². The lowest BCUT2D eigenvalue weighted by Gasteiger charge is -2.34. The molecule has 0 aliphatic carbocycles. The number of hydrogen-bond acceptors (Lipinski definition) is 6. The standard InChI is InChI=1S/C34H43ClN6O4S/c1-24-10-11-31(18-32(24)35)40(34(43)27-12-16-38(17-13-27)26(3)42)15-7-14-37-20-28-22-39(23-29(28)21-37)46(44,45)33-19-36-41(25(33)2)30-8-5-4-6-9-30/h4-6,8-11,18-19,27-29H,7,12-17,20-23H2,1-3H3. The fraction of sp³-hybridized carbons (Fsp3) is 0.500. The van der Waals surface area contributed by atoms with Gasteiger partial charge in [0.25, 0.3) is 0 Å². The van der Waals surface area contributed by atoms with Crippen LogP contribution in [0.2, 0.25) is 5.02 Å². The molecule has 6 rings (SSSR count). The van der Waals surface area contributed by atoms with Gasteiger partial charge in [-0.1, -0.05) is 35.9 Å². The van der Waals surface area contributed by atoms with E-state index in [0.717, 1.165) is 43.0 Å². The number of hydrogen-bond donors (Lipinski definition) is 0. The minimum Gasteiger partial charge on any atom is -0.343 e. The highest BCUT2D eigenvalue weighted by atomic mass is 35.5. The first-order valence-electron chi connectivity index (χ1n) is 16.2. The maximum absolute atomic E-state index is 13.8. The van der Waals surface area contributed by atoms with Gasteiger partial charge < -0.3 is 14.7 Å². The van der Waals surface area contributed by atoms with Crippen LogP contribution in [0.25, 0.3) is 5.69 Å². The lowest BCUT2D eigenvalue weighted by Crippen LogP contribution is -2.44. The van der Waals surface area contributed by atoms with Crippen LogP contribution in [-0.2, 0) is 19.6 Å². The first-order valence-corrected chi connectivity index (χ1v) is 18.0. The van der Waals surface area contributed by atoms with Crippen LogP contribution in [0, 0.1) is 31.6 Å². The summed E-state index contributed by atoms with van der Waals surface area (Å²) < 4.78 is 30.7. The molecule has 46 heavy (non-hydrogen) atoms. The van der Waals surface area contributed by atoms with E-state index in [1.807, 2.05) is 65.3 Å². The van der Waals surface area contributed by atoms with Crippen molar-refractivity contribution in [1.29, 1.82) is 0 Å². The largest absolute Gasteiger partial charge is 0.343 e. The summed E-state index contributed by atoms with van der Waals surface area (Å²) in [6, 6.07) is 15.4. The second kappa shape index (κ2) is 13.5. The molecule has 3 fully saturated rings. The molecule has 0 bridgehead atoms. The van der Waals surface area contributed by atoms with Crippen LogP contribution in [-0.4, -0.2) is 96.5 Å². The Kier molecular flexibility index (Phi) is 9.57. The number of likely N-dealkylation sites (tertiary alicyclic amines) is 2. The predicted molar refractivity (Wildman–Crippen MR) is 179 cm³/mol. The number of carbonyl (C=O) groups is 2. The highest BCUT2D eigenvalue weighted by Gasteiger charge is 2.45. The normalized spacial score (nSPS) is 21.1. The van der Waals surface area contributed by atoms with Crippen molar-refractivity contribution in [3.63, 3.8) is 0 Å². The van der Waals surface area contributed by atoms with Crippen molar-refractivity contribution in [3.8, 4) is 5.69 Å². The van der Waals surface area contributed by atoms with Crippen LogP contribution in [0.4, 0.5) is 5.69 Å².